The highest BCUT2D eigenvalue weighted by Crippen LogP contribution is 2.34. The van der Waals surface area contributed by atoms with Crippen molar-refractivity contribution in [1.29, 1.82) is 0 Å². The normalized spacial score (nSPS) is 17.3. The minimum atomic E-state index is -0.108. The summed E-state index contributed by atoms with van der Waals surface area (Å²) >= 11 is 7.40. The van der Waals surface area contributed by atoms with Gasteiger partial charge in [0.25, 0.3) is 5.56 Å². The summed E-state index contributed by atoms with van der Waals surface area (Å²) in [5.41, 5.74) is 2.24. The molecule has 2 fully saturated rings. The number of halogens is 1. The van der Waals surface area contributed by atoms with E-state index in [1.165, 1.54) is 43.4 Å². The van der Waals surface area contributed by atoms with E-state index in [0.29, 0.717) is 26.7 Å². The SMILES string of the molecule is COc1cc(-n2ccc3nc(-c4ccc(Cl)cc4)sc3c2=O)ccc1OC1CN(C2CCCCC2)C1. The highest BCUT2D eigenvalue weighted by atomic mass is 35.5. The van der Waals surface area contributed by atoms with Gasteiger partial charge in [0.1, 0.15) is 15.8 Å². The van der Waals surface area contributed by atoms with Crippen LogP contribution >= 0.6 is 22.9 Å². The largest absolute Gasteiger partial charge is 0.493 e. The number of hydrogen-bond acceptors (Lipinski definition) is 6. The highest BCUT2D eigenvalue weighted by molar-refractivity contribution is 7.21. The number of benzene rings is 2. The Hall–Kier alpha value is -2.87. The van der Waals surface area contributed by atoms with Gasteiger partial charge < -0.3 is 9.47 Å². The molecule has 0 radical (unpaired) electrons. The molecule has 186 valence electrons. The zero-order chi connectivity index (χ0) is 24.6. The van der Waals surface area contributed by atoms with Crippen LogP contribution < -0.4 is 15.0 Å². The number of methoxy groups -OCH3 is 1. The predicted molar refractivity (Wildman–Crippen MR) is 145 cm³/mol. The molecule has 2 aromatic carbocycles. The fourth-order valence-electron chi connectivity index (χ4n) is 5.21. The Labute approximate surface area is 219 Å². The van der Waals surface area contributed by atoms with Crippen molar-refractivity contribution in [3.8, 4) is 27.8 Å². The van der Waals surface area contributed by atoms with Gasteiger partial charge in [-0.15, -0.1) is 11.3 Å². The summed E-state index contributed by atoms with van der Waals surface area (Å²) in [7, 11) is 1.63. The number of ether oxygens (including phenoxy) is 2. The van der Waals surface area contributed by atoms with E-state index in [0.717, 1.165) is 35.4 Å². The average Bonchev–Trinajstić information content (AvgIpc) is 3.32. The van der Waals surface area contributed by atoms with E-state index in [1.807, 2.05) is 48.5 Å². The summed E-state index contributed by atoms with van der Waals surface area (Å²) in [6.07, 6.45) is 8.62. The fraction of sp³-hybridized carbons (Fsp3) is 0.357. The molecule has 6 rings (SSSR count). The van der Waals surface area contributed by atoms with Gasteiger partial charge in [0.05, 0.1) is 18.3 Å². The zero-order valence-corrected chi connectivity index (χ0v) is 21.7. The first-order valence-electron chi connectivity index (χ1n) is 12.5. The number of nitrogens with zero attached hydrogens (tertiary/aromatic N) is 3. The minimum absolute atomic E-state index is 0.108. The molecule has 1 aliphatic carbocycles. The molecule has 0 atom stereocenters. The van der Waals surface area contributed by atoms with Gasteiger partial charge in [-0.25, -0.2) is 4.98 Å². The lowest BCUT2D eigenvalue weighted by atomic mass is 9.92. The van der Waals surface area contributed by atoms with E-state index in [9.17, 15) is 4.79 Å². The second-order valence-electron chi connectivity index (χ2n) is 9.55. The van der Waals surface area contributed by atoms with Crippen LogP contribution in [0.5, 0.6) is 11.5 Å². The minimum Gasteiger partial charge on any atom is -0.493 e. The van der Waals surface area contributed by atoms with Gasteiger partial charge in [-0.1, -0.05) is 43.0 Å². The van der Waals surface area contributed by atoms with Crippen molar-refractivity contribution in [1.82, 2.24) is 14.5 Å². The van der Waals surface area contributed by atoms with Crippen molar-refractivity contribution in [2.45, 2.75) is 44.2 Å². The summed E-state index contributed by atoms with van der Waals surface area (Å²) in [6, 6.07) is 15.7. The number of pyridine rings is 1. The maximum absolute atomic E-state index is 13.4. The lowest BCUT2D eigenvalue weighted by Crippen LogP contribution is -2.58. The van der Waals surface area contributed by atoms with Crippen molar-refractivity contribution in [2.75, 3.05) is 20.2 Å². The number of hydrogen-bond donors (Lipinski definition) is 0. The molecule has 0 bridgehead atoms. The topological polar surface area (TPSA) is 56.6 Å². The van der Waals surface area contributed by atoms with Crippen LogP contribution in [0.4, 0.5) is 0 Å². The molecular weight excluding hydrogens is 494 g/mol. The third kappa shape index (κ3) is 4.51. The van der Waals surface area contributed by atoms with Gasteiger partial charge >= 0.3 is 0 Å². The average molecular weight is 522 g/mol. The van der Waals surface area contributed by atoms with Crippen LogP contribution in [0.2, 0.25) is 5.02 Å². The van der Waals surface area contributed by atoms with Crippen LogP contribution in [0.1, 0.15) is 32.1 Å². The Balaban J connectivity index is 1.22. The smallest absolute Gasteiger partial charge is 0.274 e. The molecule has 36 heavy (non-hydrogen) atoms. The van der Waals surface area contributed by atoms with Gasteiger partial charge in [-0.3, -0.25) is 14.3 Å². The molecule has 1 aliphatic heterocycles. The molecule has 3 heterocycles. The molecule has 4 aromatic rings. The number of aromatic nitrogens is 2. The van der Waals surface area contributed by atoms with Crippen LogP contribution in [0.15, 0.2) is 59.5 Å². The second kappa shape index (κ2) is 9.88. The monoisotopic (exact) mass is 521 g/mol. The first kappa shape index (κ1) is 23.5. The van der Waals surface area contributed by atoms with E-state index < -0.39 is 0 Å². The molecule has 1 saturated carbocycles. The van der Waals surface area contributed by atoms with E-state index in [2.05, 4.69) is 9.88 Å². The summed E-state index contributed by atoms with van der Waals surface area (Å²) in [4.78, 5) is 20.6. The number of thiazole rings is 1. The van der Waals surface area contributed by atoms with Crippen molar-refractivity contribution >= 4 is 33.2 Å². The standard InChI is InChI=1S/C28H28ClN3O3S/c1-34-25-15-21(11-12-24(25)35-22-16-31(17-22)20-5-3-2-4-6-20)32-14-13-23-26(28(32)33)36-27(30-23)18-7-9-19(29)10-8-18/h7-15,20,22H,2-6,16-17H2,1H3. The van der Waals surface area contributed by atoms with Crippen LogP contribution in [-0.4, -0.2) is 46.8 Å². The van der Waals surface area contributed by atoms with E-state index >= 15 is 0 Å². The van der Waals surface area contributed by atoms with Gasteiger partial charge in [-0.2, -0.15) is 0 Å². The van der Waals surface area contributed by atoms with Gasteiger partial charge in [0.15, 0.2) is 11.5 Å². The maximum atomic E-state index is 13.4. The molecule has 0 amide bonds. The second-order valence-corrected chi connectivity index (χ2v) is 11.0. The molecule has 2 aromatic heterocycles. The number of rotatable bonds is 6. The summed E-state index contributed by atoms with van der Waals surface area (Å²) in [5.74, 6) is 1.34. The lowest BCUT2D eigenvalue weighted by Gasteiger charge is -2.45. The third-order valence-corrected chi connectivity index (χ3v) is 8.59. The summed E-state index contributed by atoms with van der Waals surface area (Å²) < 4.78 is 14.2. The molecule has 8 heteroatoms. The van der Waals surface area contributed by atoms with Crippen molar-refractivity contribution in [2.24, 2.45) is 0 Å². The molecule has 0 unspecified atom stereocenters. The summed E-state index contributed by atoms with van der Waals surface area (Å²) in [5, 5.41) is 1.46. The summed E-state index contributed by atoms with van der Waals surface area (Å²) in [6.45, 7) is 1.93. The molecule has 2 aliphatic rings. The molecule has 1 saturated heterocycles. The Morgan fingerprint density at radius 2 is 1.78 bits per heavy atom. The van der Waals surface area contributed by atoms with Crippen molar-refractivity contribution < 1.29 is 9.47 Å². The maximum Gasteiger partial charge on any atom is 0.274 e. The quantitative estimate of drug-likeness (QED) is 0.303. The predicted octanol–water partition coefficient (Wildman–Crippen LogP) is 6.17. The van der Waals surface area contributed by atoms with Crippen LogP contribution in [0.25, 0.3) is 26.5 Å². The Morgan fingerprint density at radius 3 is 2.53 bits per heavy atom. The van der Waals surface area contributed by atoms with Crippen molar-refractivity contribution in [3.63, 3.8) is 0 Å². The van der Waals surface area contributed by atoms with E-state index in [1.54, 1.807) is 17.9 Å². The van der Waals surface area contributed by atoms with Crippen LogP contribution in [0, 0.1) is 0 Å². The zero-order valence-electron chi connectivity index (χ0n) is 20.2. The molecule has 0 N–H and O–H groups in total. The van der Waals surface area contributed by atoms with Gasteiger partial charge in [0, 0.05) is 42.0 Å². The Morgan fingerprint density at radius 1 is 1.00 bits per heavy atom. The first-order valence-corrected chi connectivity index (χ1v) is 13.7. The molecule has 0 spiro atoms. The Bertz CT molecular complexity index is 1440. The first-order chi connectivity index (χ1) is 17.6. The van der Waals surface area contributed by atoms with Crippen molar-refractivity contribution in [3.05, 3.63) is 70.1 Å². The molecule has 6 nitrogen and oxygen atoms in total. The Kier molecular flexibility index (Phi) is 6.46. The van der Waals surface area contributed by atoms with Crippen LogP contribution in [0.3, 0.4) is 0 Å². The van der Waals surface area contributed by atoms with E-state index in [-0.39, 0.29) is 11.7 Å². The highest BCUT2D eigenvalue weighted by Gasteiger charge is 2.34. The molecular formula is C28H28ClN3O3S. The van der Waals surface area contributed by atoms with Gasteiger partial charge in [0.2, 0.25) is 0 Å². The number of fused-ring (bicyclic) bond motifs is 1. The lowest BCUT2D eigenvalue weighted by molar-refractivity contribution is -0.0197. The van der Waals surface area contributed by atoms with E-state index in [4.69, 9.17) is 21.1 Å². The third-order valence-electron chi connectivity index (χ3n) is 7.23. The van der Waals surface area contributed by atoms with Gasteiger partial charge in [-0.05, 0) is 43.2 Å². The van der Waals surface area contributed by atoms with Crippen LogP contribution in [-0.2, 0) is 0 Å². The fourth-order valence-corrected chi connectivity index (χ4v) is 6.33. The number of likely N-dealkylation sites (tertiary alicyclic amines) is 1.